The molecule has 0 aliphatic heterocycles. The fourth-order valence-corrected chi connectivity index (χ4v) is 3.60. The number of anilines is 1. The average Bonchev–Trinajstić information content (AvgIpc) is 2.42. The molecule has 0 spiro atoms. The molecule has 1 N–H and O–H groups in total. The molecule has 1 rings (SSSR count). The van der Waals surface area contributed by atoms with Gasteiger partial charge in [-0.15, -0.1) is 11.8 Å². The quantitative estimate of drug-likeness (QED) is 0.738. The molecule has 0 saturated carbocycles. The van der Waals surface area contributed by atoms with Crippen molar-refractivity contribution in [3.63, 3.8) is 0 Å². The Kier molecular flexibility index (Phi) is 7.85. The van der Waals surface area contributed by atoms with Gasteiger partial charge in [0, 0.05) is 12.3 Å². The normalized spacial score (nSPS) is 11.4. The molecule has 0 fully saturated rings. The van der Waals surface area contributed by atoms with Crippen molar-refractivity contribution < 1.29 is 22.7 Å². The first-order chi connectivity index (χ1) is 11.0. The lowest BCUT2D eigenvalue weighted by molar-refractivity contribution is -0.113. The second-order valence-electron chi connectivity index (χ2n) is 5.11. The summed E-state index contributed by atoms with van der Waals surface area (Å²) in [7, 11) is -3.73. The van der Waals surface area contributed by atoms with Crippen LogP contribution >= 0.6 is 35.0 Å². The fourth-order valence-electron chi connectivity index (χ4n) is 1.49. The highest BCUT2D eigenvalue weighted by Crippen LogP contribution is 2.34. The van der Waals surface area contributed by atoms with Gasteiger partial charge in [-0.2, -0.15) is 0 Å². The van der Waals surface area contributed by atoms with Gasteiger partial charge in [-0.1, -0.05) is 23.2 Å². The van der Waals surface area contributed by atoms with Crippen molar-refractivity contribution in [3.05, 3.63) is 22.2 Å². The first-order valence-electron chi connectivity index (χ1n) is 6.77. The number of carbonyl (C=O) groups is 2. The van der Waals surface area contributed by atoms with Crippen LogP contribution in [0, 0.1) is 0 Å². The lowest BCUT2D eigenvalue weighted by atomic mass is 10.3. The van der Waals surface area contributed by atoms with Crippen molar-refractivity contribution in [1.29, 1.82) is 0 Å². The third kappa shape index (κ3) is 6.88. The first kappa shape index (κ1) is 21.1. The number of ether oxygens (including phenoxy) is 1. The summed E-state index contributed by atoms with van der Waals surface area (Å²) in [4.78, 5) is 23.1. The Labute approximate surface area is 155 Å². The van der Waals surface area contributed by atoms with Gasteiger partial charge < -0.3 is 10.1 Å². The van der Waals surface area contributed by atoms with Gasteiger partial charge in [-0.3, -0.25) is 9.59 Å². The minimum Gasteiger partial charge on any atom is -0.489 e. The molecule has 0 saturated heterocycles. The van der Waals surface area contributed by atoms with Crippen LogP contribution in [0.3, 0.4) is 0 Å². The second-order valence-corrected chi connectivity index (χ2v) is 8.91. The number of benzene rings is 1. The standard InChI is InChI=1S/C14H17Cl2NO5S2/c1-8(2)22-12-5-11(9(15)4-10(12)16)17-13(18)6-23-7-14(19)24(3,20)21/h4-5,8H,6-7H2,1-3H3,(H,17,18). The van der Waals surface area contributed by atoms with E-state index < -0.39 is 20.9 Å². The van der Waals surface area contributed by atoms with Crippen LogP contribution < -0.4 is 10.1 Å². The van der Waals surface area contributed by atoms with Gasteiger partial charge >= 0.3 is 0 Å². The predicted octanol–water partition coefficient (Wildman–Crippen LogP) is 3.02. The minimum atomic E-state index is -3.73. The smallest absolute Gasteiger partial charge is 0.255 e. The number of hydrogen-bond acceptors (Lipinski definition) is 6. The van der Waals surface area contributed by atoms with E-state index in [1.54, 1.807) is 0 Å². The molecule has 1 aromatic carbocycles. The predicted molar refractivity (Wildman–Crippen MR) is 98.0 cm³/mol. The van der Waals surface area contributed by atoms with Gasteiger partial charge in [0.1, 0.15) is 5.75 Å². The summed E-state index contributed by atoms with van der Waals surface area (Å²) in [5, 5.41) is 2.21. The van der Waals surface area contributed by atoms with Crippen molar-refractivity contribution in [2.24, 2.45) is 0 Å². The van der Waals surface area contributed by atoms with Gasteiger partial charge in [-0.05, 0) is 19.9 Å². The molecule has 0 unspecified atom stereocenters. The van der Waals surface area contributed by atoms with Crippen molar-refractivity contribution in [1.82, 2.24) is 0 Å². The van der Waals surface area contributed by atoms with Crippen LogP contribution in [-0.4, -0.2) is 43.3 Å². The first-order valence-corrected chi connectivity index (χ1v) is 10.6. The van der Waals surface area contributed by atoms with Crippen molar-refractivity contribution in [2.45, 2.75) is 20.0 Å². The van der Waals surface area contributed by atoms with Crippen LogP contribution in [0.2, 0.25) is 10.0 Å². The lowest BCUT2D eigenvalue weighted by Crippen LogP contribution is -2.19. The fraction of sp³-hybridized carbons (Fsp3) is 0.429. The number of sulfone groups is 1. The molecule has 24 heavy (non-hydrogen) atoms. The Morgan fingerprint density at radius 3 is 2.38 bits per heavy atom. The largest absolute Gasteiger partial charge is 0.489 e. The van der Waals surface area contributed by atoms with Crippen molar-refractivity contribution >= 4 is 61.5 Å². The van der Waals surface area contributed by atoms with Gasteiger partial charge in [-0.25, -0.2) is 8.42 Å². The molecule has 10 heteroatoms. The number of hydrogen-bond donors (Lipinski definition) is 1. The minimum absolute atomic E-state index is 0.0966. The van der Waals surface area contributed by atoms with Crippen LogP contribution in [0.4, 0.5) is 5.69 Å². The SMILES string of the molecule is CC(C)Oc1cc(NC(=O)CSCC(=O)S(C)(=O)=O)c(Cl)cc1Cl. The maximum absolute atomic E-state index is 11.9. The molecule has 0 aromatic heterocycles. The molecule has 134 valence electrons. The maximum atomic E-state index is 11.9. The van der Waals surface area contributed by atoms with E-state index in [1.165, 1.54) is 12.1 Å². The van der Waals surface area contributed by atoms with Gasteiger partial charge in [0.25, 0.3) is 5.12 Å². The Bertz CT molecular complexity index is 735. The Hall–Kier alpha value is -0.960. The summed E-state index contributed by atoms with van der Waals surface area (Å²) in [6.07, 6.45) is 0.726. The van der Waals surface area contributed by atoms with E-state index in [2.05, 4.69) is 5.32 Å². The summed E-state index contributed by atoms with van der Waals surface area (Å²) in [6, 6.07) is 2.96. The summed E-state index contributed by atoms with van der Waals surface area (Å²) in [6.45, 7) is 3.66. The number of nitrogens with one attached hydrogen (secondary N) is 1. The van der Waals surface area contributed by atoms with E-state index in [4.69, 9.17) is 27.9 Å². The van der Waals surface area contributed by atoms with Gasteiger partial charge in [0.15, 0.2) is 0 Å². The molecule has 0 aliphatic carbocycles. The van der Waals surface area contributed by atoms with Crippen LogP contribution in [-0.2, 0) is 19.4 Å². The van der Waals surface area contributed by atoms with E-state index in [0.29, 0.717) is 16.5 Å². The summed E-state index contributed by atoms with van der Waals surface area (Å²) < 4.78 is 27.5. The number of thioether (sulfide) groups is 1. The second kappa shape index (κ2) is 8.94. The van der Waals surface area contributed by atoms with E-state index >= 15 is 0 Å². The Balaban J connectivity index is 2.68. The number of carbonyl (C=O) groups excluding carboxylic acids is 2. The van der Waals surface area contributed by atoms with Crippen LogP contribution in [0.1, 0.15) is 13.8 Å². The lowest BCUT2D eigenvalue weighted by Gasteiger charge is -2.14. The number of halogens is 2. The zero-order valence-corrected chi connectivity index (χ0v) is 16.4. The van der Waals surface area contributed by atoms with E-state index in [-0.39, 0.29) is 22.6 Å². The Morgan fingerprint density at radius 1 is 1.21 bits per heavy atom. The van der Waals surface area contributed by atoms with Crippen molar-refractivity contribution in [3.8, 4) is 5.75 Å². The zero-order chi connectivity index (χ0) is 18.5. The van der Waals surface area contributed by atoms with E-state index in [9.17, 15) is 18.0 Å². The molecule has 0 aliphatic rings. The summed E-state index contributed by atoms with van der Waals surface area (Å²) in [5.41, 5.74) is 0.316. The average molecular weight is 414 g/mol. The highest BCUT2D eigenvalue weighted by atomic mass is 35.5. The third-order valence-electron chi connectivity index (χ3n) is 2.52. The summed E-state index contributed by atoms with van der Waals surface area (Å²) in [5.74, 6) is -0.435. The topological polar surface area (TPSA) is 89.5 Å². The van der Waals surface area contributed by atoms with E-state index in [1.807, 2.05) is 13.8 Å². The number of amides is 1. The molecular weight excluding hydrogens is 397 g/mol. The number of rotatable bonds is 7. The van der Waals surface area contributed by atoms with Crippen LogP contribution in [0.15, 0.2) is 12.1 Å². The summed E-state index contributed by atoms with van der Waals surface area (Å²) >= 11 is 13.0. The molecule has 0 atom stereocenters. The van der Waals surface area contributed by atoms with E-state index in [0.717, 1.165) is 18.0 Å². The maximum Gasteiger partial charge on any atom is 0.255 e. The van der Waals surface area contributed by atoms with Crippen LogP contribution in [0.5, 0.6) is 5.75 Å². The molecule has 1 aromatic rings. The van der Waals surface area contributed by atoms with Gasteiger partial charge in [0.2, 0.25) is 15.7 Å². The molecule has 0 bridgehead atoms. The van der Waals surface area contributed by atoms with Gasteiger partial charge in [0.05, 0.1) is 33.3 Å². The molecular formula is C14H17Cl2NO5S2. The highest BCUT2D eigenvalue weighted by molar-refractivity contribution is 8.09. The van der Waals surface area contributed by atoms with Crippen LogP contribution in [0.25, 0.3) is 0 Å². The molecule has 0 radical (unpaired) electrons. The third-order valence-corrected chi connectivity index (χ3v) is 5.22. The Morgan fingerprint density at radius 2 is 1.83 bits per heavy atom. The van der Waals surface area contributed by atoms with Crippen molar-refractivity contribution in [2.75, 3.05) is 23.1 Å². The highest BCUT2D eigenvalue weighted by Gasteiger charge is 2.17. The molecule has 1 amide bonds. The molecule has 0 heterocycles. The monoisotopic (exact) mass is 413 g/mol. The zero-order valence-electron chi connectivity index (χ0n) is 13.3. The molecule has 6 nitrogen and oxygen atoms in total.